The Bertz CT molecular complexity index is 420. The molecule has 0 spiro atoms. The Morgan fingerprint density at radius 2 is 2.20 bits per heavy atom. The van der Waals surface area contributed by atoms with Crippen LogP contribution in [0.15, 0.2) is 0 Å². The monoisotopic (exact) mass is 225 g/mol. The number of carbonyl (C=O) groups excluding carboxylic acids is 1. The van der Waals surface area contributed by atoms with Crippen LogP contribution in [-0.2, 0) is 16.6 Å². The van der Waals surface area contributed by atoms with Crippen molar-refractivity contribution in [2.24, 2.45) is 0 Å². The van der Waals surface area contributed by atoms with Crippen molar-refractivity contribution >= 4 is 22.3 Å². The second-order valence-electron chi connectivity index (χ2n) is 4.51. The number of carbonyl (C=O) groups is 1. The molecule has 2 N–H and O–H groups in total. The topological polar surface area (TPSA) is 52.3 Å². The molecule has 3 nitrogen and oxygen atoms in total. The third kappa shape index (κ3) is 1.44. The molecule has 0 fully saturated rings. The number of nitrogen functional groups attached to an aromatic ring is 1. The summed E-state index contributed by atoms with van der Waals surface area (Å²) >= 11 is 1.53. The SMILES string of the molecule is COC(=O)c1c(N)sc2c1C(C)(C)CC2. The summed E-state index contributed by atoms with van der Waals surface area (Å²) in [6, 6.07) is 0. The molecule has 0 amide bonds. The molecule has 82 valence electrons. The number of hydrogen-bond acceptors (Lipinski definition) is 4. The molecule has 0 atom stereocenters. The van der Waals surface area contributed by atoms with Crippen LogP contribution in [0.3, 0.4) is 0 Å². The van der Waals surface area contributed by atoms with E-state index in [0.29, 0.717) is 10.6 Å². The number of nitrogens with two attached hydrogens (primary N) is 1. The second-order valence-corrected chi connectivity index (χ2v) is 5.65. The third-order valence-corrected chi connectivity index (χ3v) is 4.13. The van der Waals surface area contributed by atoms with E-state index in [1.165, 1.54) is 23.3 Å². The van der Waals surface area contributed by atoms with E-state index in [0.717, 1.165) is 18.4 Å². The van der Waals surface area contributed by atoms with E-state index >= 15 is 0 Å². The van der Waals surface area contributed by atoms with Crippen molar-refractivity contribution in [1.82, 2.24) is 0 Å². The van der Waals surface area contributed by atoms with Gasteiger partial charge in [0.05, 0.1) is 12.7 Å². The van der Waals surface area contributed by atoms with Gasteiger partial charge in [-0.05, 0) is 23.8 Å². The van der Waals surface area contributed by atoms with Crippen molar-refractivity contribution in [3.63, 3.8) is 0 Å². The normalized spacial score (nSPS) is 17.5. The minimum absolute atomic E-state index is 0.0486. The zero-order chi connectivity index (χ0) is 11.2. The van der Waals surface area contributed by atoms with Gasteiger partial charge in [0.25, 0.3) is 0 Å². The molecule has 2 rings (SSSR count). The second kappa shape index (κ2) is 3.23. The van der Waals surface area contributed by atoms with Crippen LogP contribution in [0.2, 0.25) is 0 Å². The minimum Gasteiger partial charge on any atom is -0.465 e. The number of anilines is 1. The van der Waals surface area contributed by atoms with Gasteiger partial charge in [0, 0.05) is 4.88 Å². The van der Waals surface area contributed by atoms with Gasteiger partial charge in [-0.3, -0.25) is 0 Å². The number of methoxy groups -OCH3 is 1. The lowest BCUT2D eigenvalue weighted by atomic mass is 9.85. The average molecular weight is 225 g/mol. The van der Waals surface area contributed by atoms with E-state index in [9.17, 15) is 4.79 Å². The predicted molar refractivity (Wildman–Crippen MR) is 61.4 cm³/mol. The molecular weight excluding hydrogens is 210 g/mol. The van der Waals surface area contributed by atoms with Crippen molar-refractivity contribution in [2.75, 3.05) is 12.8 Å². The maximum atomic E-state index is 11.6. The van der Waals surface area contributed by atoms with Crippen LogP contribution in [0.4, 0.5) is 5.00 Å². The molecule has 1 heterocycles. The first-order chi connectivity index (χ1) is 6.97. The smallest absolute Gasteiger partial charge is 0.341 e. The molecule has 0 aliphatic heterocycles. The standard InChI is InChI=1S/C11H15NO2S/c1-11(2)5-4-6-8(11)7(9(12)15-6)10(13)14-3/h4-5,12H2,1-3H3. The molecular formula is C11H15NO2S. The van der Waals surface area contributed by atoms with Crippen molar-refractivity contribution in [1.29, 1.82) is 0 Å². The van der Waals surface area contributed by atoms with Crippen molar-refractivity contribution in [3.8, 4) is 0 Å². The number of esters is 1. The Kier molecular flexibility index (Phi) is 2.26. The van der Waals surface area contributed by atoms with E-state index in [1.807, 2.05) is 0 Å². The zero-order valence-electron chi connectivity index (χ0n) is 9.22. The highest BCUT2D eigenvalue weighted by molar-refractivity contribution is 7.16. The van der Waals surface area contributed by atoms with Gasteiger partial charge in [0.2, 0.25) is 0 Å². The van der Waals surface area contributed by atoms with Crippen molar-refractivity contribution in [3.05, 3.63) is 16.0 Å². The van der Waals surface area contributed by atoms with E-state index in [4.69, 9.17) is 10.5 Å². The first kappa shape index (κ1) is 10.5. The van der Waals surface area contributed by atoms with Gasteiger partial charge in [-0.2, -0.15) is 0 Å². The molecule has 0 saturated heterocycles. The van der Waals surface area contributed by atoms with Crippen LogP contribution in [0, 0.1) is 0 Å². The first-order valence-corrected chi connectivity index (χ1v) is 5.79. The lowest BCUT2D eigenvalue weighted by Gasteiger charge is -2.19. The van der Waals surface area contributed by atoms with Gasteiger partial charge < -0.3 is 10.5 Å². The lowest BCUT2D eigenvalue weighted by molar-refractivity contribution is 0.0600. The highest BCUT2D eigenvalue weighted by Crippen LogP contribution is 2.47. The minimum atomic E-state index is -0.306. The van der Waals surface area contributed by atoms with Crippen molar-refractivity contribution < 1.29 is 9.53 Å². The number of thiophene rings is 1. The summed E-state index contributed by atoms with van der Waals surface area (Å²) in [5.41, 5.74) is 7.62. The molecule has 0 radical (unpaired) electrons. The average Bonchev–Trinajstić information content (AvgIpc) is 2.64. The van der Waals surface area contributed by atoms with Gasteiger partial charge in [-0.15, -0.1) is 11.3 Å². The Labute approximate surface area is 93.2 Å². The maximum absolute atomic E-state index is 11.6. The summed E-state index contributed by atoms with van der Waals surface area (Å²) < 4.78 is 4.78. The Balaban J connectivity index is 2.61. The summed E-state index contributed by atoms with van der Waals surface area (Å²) in [6.07, 6.45) is 2.10. The van der Waals surface area contributed by atoms with Crippen LogP contribution < -0.4 is 5.73 Å². The molecule has 4 heteroatoms. The molecule has 0 saturated carbocycles. The first-order valence-electron chi connectivity index (χ1n) is 4.97. The Hall–Kier alpha value is -1.03. The number of fused-ring (bicyclic) bond motifs is 1. The Morgan fingerprint density at radius 3 is 2.80 bits per heavy atom. The van der Waals surface area contributed by atoms with E-state index in [1.54, 1.807) is 0 Å². The molecule has 1 aliphatic rings. The van der Waals surface area contributed by atoms with Crippen LogP contribution >= 0.6 is 11.3 Å². The van der Waals surface area contributed by atoms with Gasteiger partial charge in [-0.25, -0.2) is 4.79 Å². The van der Waals surface area contributed by atoms with E-state index in [-0.39, 0.29) is 11.4 Å². The molecule has 0 aromatic carbocycles. The highest BCUT2D eigenvalue weighted by atomic mass is 32.1. The molecule has 1 aromatic rings. The summed E-state index contributed by atoms with van der Waals surface area (Å²) in [4.78, 5) is 12.9. The van der Waals surface area contributed by atoms with E-state index in [2.05, 4.69) is 13.8 Å². The Morgan fingerprint density at radius 1 is 1.53 bits per heavy atom. The number of hydrogen-bond donors (Lipinski definition) is 1. The highest BCUT2D eigenvalue weighted by Gasteiger charge is 2.37. The summed E-state index contributed by atoms with van der Waals surface area (Å²) in [7, 11) is 1.40. The quantitative estimate of drug-likeness (QED) is 0.746. The summed E-state index contributed by atoms with van der Waals surface area (Å²) in [5, 5.41) is 0.597. The summed E-state index contributed by atoms with van der Waals surface area (Å²) in [5.74, 6) is -0.306. The van der Waals surface area contributed by atoms with E-state index < -0.39 is 0 Å². The number of rotatable bonds is 1. The third-order valence-electron chi connectivity index (χ3n) is 3.05. The zero-order valence-corrected chi connectivity index (χ0v) is 10.0. The lowest BCUT2D eigenvalue weighted by Crippen LogP contribution is -2.17. The van der Waals surface area contributed by atoms with Crippen molar-refractivity contribution in [2.45, 2.75) is 32.1 Å². The molecule has 0 bridgehead atoms. The van der Waals surface area contributed by atoms with Gasteiger partial charge in [0.1, 0.15) is 5.00 Å². The fraction of sp³-hybridized carbons (Fsp3) is 0.545. The fourth-order valence-corrected chi connectivity index (χ4v) is 3.48. The van der Waals surface area contributed by atoms with Gasteiger partial charge in [-0.1, -0.05) is 13.8 Å². The number of aryl methyl sites for hydroxylation is 1. The molecule has 0 unspecified atom stereocenters. The molecule has 1 aliphatic carbocycles. The van der Waals surface area contributed by atoms with Gasteiger partial charge in [0.15, 0.2) is 0 Å². The predicted octanol–water partition coefficient (Wildman–Crippen LogP) is 2.34. The van der Waals surface area contributed by atoms with Crippen LogP contribution in [-0.4, -0.2) is 13.1 Å². The fourth-order valence-electron chi connectivity index (χ4n) is 2.25. The van der Waals surface area contributed by atoms with Gasteiger partial charge >= 0.3 is 5.97 Å². The van der Waals surface area contributed by atoms with Crippen LogP contribution in [0.1, 0.15) is 41.1 Å². The van der Waals surface area contributed by atoms with Crippen LogP contribution in [0.5, 0.6) is 0 Å². The number of ether oxygens (including phenoxy) is 1. The molecule has 1 aromatic heterocycles. The summed E-state index contributed by atoms with van der Waals surface area (Å²) in [6.45, 7) is 4.30. The largest absolute Gasteiger partial charge is 0.465 e. The molecule has 15 heavy (non-hydrogen) atoms. The van der Waals surface area contributed by atoms with Crippen LogP contribution in [0.25, 0.3) is 0 Å². The maximum Gasteiger partial charge on any atom is 0.341 e.